The highest BCUT2D eigenvalue weighted by Gasteiger charge is 2.21. The van der Waals surface area contributed by atoms with E-state index in [-0.39, 0.29) is 19.6 Å². The number of sulfone groups is 2. The van der Waals surface area contributed by atoms with Gasteiger partial charge in [0.2, 0.25) is 19.7 Å². The van der Waals surface area contributed by atoms with Gasteiger partial charge in [-0.2, -0.15) is 0 Å². The zero-order chi connectivity index (χ0) is 29.6. The number of nitrogens with zero attached hydrogens (tertiary/aromatic N) is 2. The van der Waals surface area contributed by atoms with E-state index in [1.807, 2.05) is 0 Å². The van der Waals surface area contributed by atoms with Crippen LogP contribution in [0.3, 0.4) is 0 Å². The molecule has 0 unspecified atom stereocenters. The topological polar surface area (TPSA) is 95.2 Å². The molecule has 6 aromatic rings. The maximum absolute atomic E-state index is 13.8. The zero-order valence-electron chi connectivity index (χ0n) is 21.6. The third-order valence-electron chi connectivity index (χ3n) is 6.80. The Bertz CT molecular complexity index is 2060. The van der Waals surface area contributed by atoms with E-state index in [1.54, 1.807) is 48.5 Å². The largest absolute Gasteiger partial charge is 0.338 e. The van der Waals surface area contributed by atoms with E-state index in [4.69, 9.17) is 23.2 Å². The second kappa shape index (κ2) is 10.6. The van der Waals surface area contributed by atoms with Gasteiger partial charge in [-0.05, 0) is 109 Å². The fourth-order valence-corrected chi connectivity index (χ4v) is 7.47. The fourth-order valence-electron chi connectivity index (χ4n) is 4.70. The Labute approximate surface area is 251 Å². The van der Waals surface area contributed by atoms with Crippen LogP contribution < -0.4 is 5.69 Å². The molecule has 210 valence electrons. The van der Waals surface area contributed by atoms with Gasteiger partial charge in [-0.15, -0.1) is 0 Å². The van der Waals surface area contributed by atoms with Gasteiger partial charge < -0.3 is 0 Å². The summed E-state index contributed by atoms with van der Waals surface area (Å²) in [5.41, 5.74) is 1.71. The van der Waals surface area contributed by atoms with E-state index < -0.39 is 25.4 Å². The van der Waals surface area contributed by atoms with Crippen molar-refractivity contribution in [2.45, 2.75) is 19.6 Å². The summed E-state index contributed by atoms with van der Waals surface area (Å²) in [6.07, 6.45) is 0. The summed E-state index contributed by atoms with van der Waals surface area (Å²) in [6.45, 7) is 0. The maximum Gasteiger partial charge on any atom is 0.338 e. The summed E-state index contributed by atoms with van der Waals surface area (Å²) in [7, 11) is -7.58. The van der Waals surface area contributed by atoms with Crippen LogP contribution in [0.5, 0.6) is 0 Å². The molecule has 7 nitrogen and oxygen atoms in total. The lowest BCUT2D eigenvalue weighted by atomic mass is 10.2. The minimum Gasteiger partial charge on any atom is -0.260 e. The summed E-state index contributed by atoms with van der Waals surface area (Å²) in [4.78, 5) is 14.2. The van der Waals surface area contributed by atoms with Crippen molar-refractivity contribution in [2.75, 3.05) is 0 Å². The van der Waals surface area contributed by atoms with Gasteiger partial charge in [0.1, 0.15) is 0 Å². The Hall–Kier alpha value is -4.15. The lowest BCUT2D eigenvalue weighted by molar-refractivity contribution is 0.594. The highest BCUT2D eigenvalue weighted by Crippen LogP contribution is 2.27. The van der Waals surface area contributed by atoms with E-state index in [9.17, 15) is 21.6 Å². The molecule has 0 aliphatic rings. The molecule has 0 aliphatic carbocycles. The second-order valence-electron chi connectivity index (χ2n) is 9.34. The van der Waals surface area contributed by atoms with Gasteiger partial charge in [0.25, 0.3) is 0 Å². The Morgan fingerprint density at radius 2 is 0.714 bits per heavy atom. The zero-order valence-corrected chi connectivity index (χ0v) is 24.7. The van der Waals surface area contributed by atoms with Gasteiger partial charge >= 0.3 is 5.69 Å². The van der Waals surface area contributed by atoms with Gasteiger partial charge in [0.15, 0.2) is 0 Å². The van der Waals surface area contributed by atoms with E-state index in [0.717, 1.165) is 0 Å². The molecule has 11 heteroatoms. The van der Waals surface area contributed by atoms with Crippen LogP contribution in [0.25, 0.3) is 22.4 Å². The molecule has 0 N–H and O–H groups in total. The van der Waals surface area contributed by atoms with Gasteiger partial charge in [0, 0.05) is 10.0 Å². The molecule has 0 atom stereocenters. The summed E-state index contributed by atoms with van der Waals surface area (Å²) in [6, 6.07) is 31.1. The molecule has 0 amide bonds. The van der Waals surface area contributed by atoms with Gasteiger partial charge in [0.05, 0.1) is 42.0 Å². The van der Waals surface area contributed by atoms with Crippen molar-refractivity contribution in [3.8, 4) is 11.4 Å². The smallest absolute Gasteiger partial charge is 0.260 e. The molecule has 0 radical (unpaired) electrons. The van der Waals surface area contributed by atoms with Gasteiger partial charge in [-0.1, -0.05) is 35.3 Å². The Morgan fingerprint density at radius 3 is 1.02 bits per heavy atom. The third-order valence-corrected chi connectivity index (χ3v) is 10.9. The predicted octanol–water partition coefficient (Wildman–Crippen LogP) is 6.75. The molecule has 0 fully saturated rings. The monoisotopic (exact) mass is 634 g/mol. The predicted molar refractivity (Wildman–Crippen MR) is 163 cm³/mol. The van der Waals surface area contributed by atoms with Crippen LogP contribution >= 0.6 is 23.2 Å². The quantitative estimate of drug-likeness (QED) is 0.202. The molecular weight excluding hydrogens is 615 g/mol. The number of imidazole rings is 1. The lowest BCUT2D eigenvalue weighted by Crippen LogP contribution is -2.22. The van der Waals surface area contributed by atoms with Crippen molar-refractivity contribution in [1.29, 1.82) is 0 Å². The first kappa shape index (κ1) is 28.0. The number of rotatable bonds is 6. The molecule has 1 heterocycles. The summed E-state index contributed by atoms with van der Waals surface area (Å²) in [5.74, 6) is 0. The van der Waals surface area contributed by atoms with Crippen molar-refractivity contribution in [2.24, 2.45) is 0 Å². The molecule has 0 spiro atoms. The molecule has 0 bridgehead atoms. The normalized spacial score (nSPS) is 12.0. The summed E-state index contributed by atoms with van der Waals surface area (Å²) < 4.78 is 55.4. The molecule has 0 saturated heterocycles. The van der Waals surface area contributed by atoms with Crippen molar-refractivity contribution in [3.05, 3.63) is 142 Å². The average Bonchev–Trinajstić information content (AvgIpc) is 3.29. The van der Waals surface area contributed by atoms with Crippen molar-refractivity contribution in [3.63, 3.8) is 0 Å². The number of halogens is 2. The molecule has 42 heavy (non-hydrogen) atoms. The molecule has 0 aliphatic heterocycles. The molecule has 5 aromatic carbocycles. The van der Waals surface area contributed by atoms with E-state index in [2.05, 4.69) is 0 Å². The second-order valence-corrected chi connectivity index (χ2v) is 14.1. The first-order valence-electron chi connectivity index (χ1n) is 12.5. The number of aromatic nitrogens is 2. The van der Waals surface area contributed by atoms with Crippen molar-refractivity contribution < 1.29 is 16.8 Å². The van der Waals surface area contributed by atoms with Crippen LogP contribution in [0.2, 0.25) is 10.0 Å². The highest BCUT2D eigenvalue weighted by molar-refractivity contribution is 7.91. The summed E-state index contributed by atoms with van der Waals surface area (Å²) in [5, 5.41) is 0.857. The number of fused-ring (bicyclic) bond motifs is 1. The summed E-state index contributed by atoms with van der Waals surface area (Å²) >= 11 is 11.8. The molecule has 1 aromatic heterocycles. The van der Waals surface area contributed by atoms with Crippen LogP contribution in [0, 0.1) is 0 Å². The number of para-hydroxylation sites is 2. The lowest BCUT2D eigenvalue weighted by Gasteiger charge is -2.08. The van der Waals surface area contributed by atoms with Crippen LogP contribution in [-0.4, -0.2) is 26.0 Å². The molecule has 0 saturated carbocycles. The van der Waals surface area contributed by atoms with Crippen LogP contribution in [0.1, 0.15) is 0 Å². The first-order valence-corrected chi connectivity index (χ1v) is 16.2. The van der Waals surface area contributed by atoms with E-state index in [0.29, 0.717) is 32.5 Å². The SMILES string of the molecule is O=c1n(-c2ccc(S(=O)(=O)c3ccc(Cl)cc3)cc2)c2ccccc2n1-c1ccc(S(=O)(=O)c2ccc(Cl)cc2)cc1. The number of hydrogen-bond donors (Lipinski definition) is 0. The Morgan fingerprint density at radius 1 is 0.429 bits per heavy atom. The van der Waals surface area contributed by atoms with Gasteiger partial charge in [-0.25, -0.2) is 21.6 Å². The van der Waals surface area contributed by atoms with Crippen LogP contribution in [-0.2, 0) is 19.7 Å². The maximum atomic E-state index is 13.8. The fraction of sp³-hybridized carbons (Fsp3) is 0. The highest BCUT2D eigenvalue weighted by atomic mass is 35.5. The minimum absolute atomic E-state index is 0.0721. The average molecular weight is 636 g/mol. The Kier molecular flexibility index (Phi) is 7.06. The van der Waals surface area contributed by atoms with E-state index >= 15 is 0 Å². The first-order chi connectivity index (χ1) is 20.1. The minimum atomic E-state index is -3.79. The Balaban J connectivity index is 1.40. The molecular formula is C31H20Cl2N2O5S2. The van der Waals surface area contributed by atoms with E-state index in [1.165, 1.54) is 81.9 Å². The number of benzene rings is 5. The van der Waals surface area contributed by atoms with Crippen molar-refractivity contribution >= 4 is 53.9 Å². The van der Waals surface area contributed by atoms with Crippen molar-refractivity contribution in [1.82, 2.24) is 9.13 Å². The standard InChI is InChI=1S/C31H20Cl2N2O5S2/c32-21-5-13-25(14-6-21)41(37,38)27-17-9-23(10-18-27)34-29-3-1-2-4-30(29)35(31(34)36)24-11-19-28(20-12-24)42(39,40)26-15-7-22(33)8-16-26/h1-20H. The van der Waals surface area contributed by atoms with Crippen LogP contribution in [0.15, 0.2) is 146 Å². The number of hydrogen-bond acceptors (Lipinski definition) is 5. The van der Waals surface area contributed by atoms with Crippen LogP contribution in [0.4, 0.5) is 0 Å². The third kappa shape index (κ3) is 4.84. The molecule has 6 rings (SSSR count). The van der Waals surface area contributed by atoms with Gasteiger partial charge in [-0.3, -0.25) is 9.13 Å².